The molecule has 14 aromatic rings. The number of fused-ring (bicyclic) bond motifs is 18. The number of pyridine rings is 2. The molecule has 0 N–H and O–H groups in total. The molecular formula is C66H38N6O. The van der Waals surface area contributed by atoms with E-state index in [1.807, 2.05) is 36.7 Å². The van der Waals surface area contributed by atoms with E-state index in [4.69, 9.17) is 21.3 Å². The average molecular weight is 931 g/mol. The van der Waals surface area contributed by atoms with Crippen molar-refractivity contribution in [1.29, 1.82) is 0 Å². The zero-order valence-electron chi connectivity index (χ0n) is 39.0. The van der Waals surface area contributed by atoms with Crippen LogP contribution in [0.3, 0.4) is 0 Å². The van der Waals surface area contributed by atoms with Gasteiger partial charge >= 0.3 is 0 Å². The first-order valence-electron chi connectivity index (χ1n) is 24.6. The highest BCUT2D eigenvalue weighted by atomic mass is 16.5. The Balaban J connectivity index is 0.872. The Morgan fingerprint density at radius 1 is 0.356 bits per heavy atom. The molecule has 16 rings (SSSR count). The summed E-state index contributed by atoms with van der Waals surface area (Å²) in [6.45, 7) is 7.77. The summed E-state index contributed by atoms with van der Waals surface area (Å²) in [6, 6.07) is 78.1. The summed E-state index contributed by atoms with van der Waals surface area (Å²) in [7, 11) is 0. The molecule has 0 fully saturated rings. The number of ether oxygens (including phenoxy) is 1. The number of aromatic nitrogens is 5. The van der Waals surface area contributed by atoms with Crippen LogP contribution < -0.4 is 4.74 Å². The summed E-state index contributed by atoms with van der Waals surface area (Å²) in [5, 5.41) is 6.98. The van der Waals surface area contributed by atoms with Gasteiger partial charge in [0.1, 0.15) is 11.5 Å². The van der Waals surface area contributed by atoms with Gasteiger partial charge in [0.2, 0.25) is 0 Å². The Morgan fingerprint density at radius 3 is 1.38 bits per heavy atom. The Hall–Kier alpha value is -10.0. The average Bonchev–Trinajstić information content (AvgIpc) is 4.17. The predicted molar refractivity (Wildman–Crippen MR) is 294 cm³/mol. The van der Waals surface area contributed by atoms with Gasteiger partial charge in [-0.05, 0) is 119 Å². The van der Waals surface area contributed by atoms with Gasteiger partial charge in [0.15, 0.2) is 5.69 Å². The van der Waals surface area contributed by atoms with Crippen LogP contribution in [0.4, 0.5) is 5.69 Å². The molecule has 6 heterocycles. The lowest BCUT2D eigenvalue weighted by molar-refractivity contribution is 0.436. The topological polar surface area (TPSA) is 54.2 Å². The molecule has 1 spiro atoms. The van der Waals surface area contributed by atoms with Gasteiger partial charge in [0.25, 0.3) is 0 Å². The molecule has 1 aliphatic carbocycles. The maximum absolute atomic E-state index is 7.77. The van der Waals surface area contributed by atoms with Crippen molar-refractivity contribution in [1.82, 2.24) is 23.7 Å². The van der Waals surface area contributed by atoms with Crippen molar-refractivity contribution in [3.63, 3.8) is 0 Å². The molecule has 0 saturated heterocycles. The van der Waals surface area contributed by atoms with Crippen LogP contribution in [0.1, 0.15) is 22.3 Å². The quantitative estimate of drug-likeness (QED) is 0.165. The Bertz CT molecular complexity index is 4660. The third-order valence-electron chi connectivity index (χ3n) is 15.6. The molecule has 73 heavy (non-hydrogen) atoms. The van der Waals surface area contributed by atoms with Crippen LogP contribution in [0, 0.1) is 6.57 Å². The molecule has 1 aliphatic heterocycles. The third-order valence-corrected chi connectivity index (χ3v) is 15.6. The normalized spacial score (nSPS) is 13.1. The lowest BCUT2D eigenvalue weighted by atomic mass is 9.66. The second kappa shape index (κ2) is 14.8. The minimum Gasteiger partial charge on any atom is -0.457 e. The predicted octanol–water partition coefficient (Wildman–Crippen LogP) is 16.5. The molecule has 0 amide bonds. The molecule has 7 heteroatoms. The zero-order valence-corrected chi connectivity index (χ0v) is 39.0. The van der Waals surface area contributed by atoms with E-state index in [1.54, 1.807) is 0 Å². The van der Waals surface area contributed by atoms with Gasteiger partial charge in [-0.25, -0.2) is 4.85 Å². The lowest BCUT2D eigenvalue weighted by Gasteiger charge is -2.39. The fourth-order valence-corrected chi connectivity index (χ4v) is 12.6. The van der Waals surface area contributed by atoms with Gasteiger partial charge < -0.3 is 18.4 Å². The fourth-order valence-electron chi connectivity index (χ4n) is 12.6. The molecule has 0 saturated carbocycles. The van der Waals surface area contributed by atoms with Crippen molar-refractivity contribution in [2.24, 2.45) is 0 Å². The lowest BCUT2D eigenvalue weighted by Crippen LogP contribution is -2.32. The smallest absolute Gasteiger partial charge is 0.188 e. The summed E-state index contributed by atoms with van der Waals surface area (Å²) >= 11 is 0. The van der Waals surface area contributed by atoms with E-state index in [1.165, 1.54) is 32.6 Å². The van der Waals surface area contributed by atoms with Gasteiger partial charge in [0.05, 0.1) is 56.5 Å². The molecular weight excluding hydrogens is 893 g/mol. The molecule has 338 valence electrons. The van der Waals surface area contributed by atoms with E-state index < -0.39 is 5.41 Å². The van der Waals surface area contributed by atoms with Gasteiger partial charge in [-0.1, -0.05) is 121 Å². The number of nitrogens with zero attached hydrogens (tertiary/aromatic N) is 6. The summed E-state index contributed by atoms with van der Waals surface area (Å²) in [5.41, 5.74) is 17.9. The van der Waals surface area contributed by atoms with Crippen LogP contribution in [0.25, 0.3) is 110 Å². The van der Waals surface area contributed by atoms with Crippen molar-refractivity contribution in [3.8, 4) is 51.1 Å². The number of benzene rings is 9. The minimum absolute atomic E-state index is 0.616. The number of hydrogen-bond acceptors (Lipinski definition) is 3. The third kappa shape index (κ3) is 5.36. The number of hydrogen-bond donors (Lipinski definition) is 0. The van der Waals surface area contributed by atoms with Crippen LogP contribution in [0.15, 0.2) is 231 Å². The maximum Gasteiger partial charge on any atom is 0.188 e. The highest BCUT2D eigenvalue weighted by Gasteiger charge is 2.52. The van der Waals surface area contributed by atoms with Crippen LogP contribution in [-0.4, -0.2) is 23.7 Å². The van der Waals surface area contributed by atoms with Gasteiger partial charge in [-0.2, -0.15) is 0 Å². The molecule has 2 aliphatic rings. The highest BCUT2D eigenvalue weighted by Crippen LogP contribution is 2.62. The van der Waals surface area contributed by atoms with Crippen LogP contribution in [0.5, 0.6) is 11.5 Å². The van der Waals surface area contributed by atoms with E-state index in [-0.39, 0.29) is 0 Å². The molecule has 9 aromatic carbocycles. The summed E-state index contributed by atoms with van der Waals surface area (Å²) in [4.78, 5) is 13.8. The molecule has 7 nitrogen and oxygen atoms in total. The van der Waals surface area contributed by atoms with Gasteiger partial charge in [0, 0.05) is 73.6 Å². The van der Waals surface area contributed by atoms with Crippen molar-refractivity contribution in [2.45, 2.75) is 5.41 Å². The van der Waals surface area contributed by atoms with Crippen LogP contribution in [0.2, 0.25) is 0 Å². The van der Waals surface area contributed by atoms with Crippen LogP contribution >= 0.6 is 0 Å². The van der Waals surface area contributed by atoms with Crippen molar-refractivity contribution in [2.75, 3.05) is 0 Å². The standard InChI is InChI=1S/C66H38N6O/c1-67-42-27-32-61-51(37-42)49-18-5-9-24-59(49)72(61)45-28-30-53-63(39-45)73-62-36-41(25-29-52(62)66(53)54-19-11-33-68-64(54)65-55(66)20-12-34-69-65)40-26-31-60-50(35-40)48-17-4-8-23-58(48)71(60)44-14-10-13-43(38-44)70-56-21-6-2-15-46(56)47-16-3-7-22-57(47)70/h2-39H. The Morgan fingerprint density at radius 2 is 0.808 bits per heavy atom. The first-order chi connectivity index (χ1) is 36.2. The van der Waals surface area contributed by atoms with Gasteiger partial charge in [-0.15, -0.1) is 0 Å². The first-order valence-corrected chi connectivity index (χ1v) is 24.6. The summed E-state index contributed by atoms with van der Waals surface area (Å²) < 4.78 is 14.3. The minimum atomic E-state index is -0.746. The molecule has 0 atom stereocenters. The van der Waals surface area contributed by atoms with E-state index in [9.17, 15) is 0 Å². The van der Waals surface area contributed by atoms with Crippen molar-refractivity contribution < 1.29 is 4.74 Å². The molecule has 0 bridgehead atoms. The maximum atomic E-state index is 7.77. The van der Waals surface area contributed by atoms with E-state index in [0.717, 1.165) is 106 Å². The first kappa shape index (κ1) is 39.8. The summed E-state index contributed by atoms with van der Waals surface area (Å²) in [6.07, 6.45) is 3.72. The molecule has 0 radical (unpaired) electrons. The van der Waals surface area contributed by atoms with Crippen molar-refractivity contribution >= 4 is 71.1 Å². The Kier molecular flexibility index (Phi) is 8.04. The summed E-state index contributed by atoms with van der Waals surface area (Å²) in [5.74, 6) is 1.54. The zero-order chi connectivity index (χ0) is 47.9. The largest absolute Gasteiger partial charge is 0.457 e. The fraction of sp³-hybridized carbons (Fsp3) is 0.0152. The second-order valence-corrected chi connectivity index (χ2v) is 19.2. The molecule has 0 unspecified atom stereocenters. The SMILES string of the molecule is [C-]#[N+]c1ccc2c(c1)c1ccccc1n2-c1ccc2c(c1)Oc1cc(-c3ccc4c(c3)c3ccccc3n4-c3cccc(-n4c5ccccc5c5ccccc54)c3)ccc1C21c2cccnc2-c2ncccc21. The van der Waals surface area contributed by atoms with Crippen molar-refractivity contribution in [3.05, 3.63) is 264 Å². The number of para-hydroxylation sites is 4. The van der Waals surface area contributed by atoms with E-state index in [0.29, 0.717) is 5.69 Å². The highest BCUT2D eigenvalue weighted by molar-refractivity contribution is 6.12. The van der Waals surface area contributed by atoms with Gasteiger partial charge in [-0.3, -0.25) is 9.97 Å². The second-order valence-electron chi connectivity index (χ2n) is 19.2. The number of rotatable bonds is 4. The van der Waals surface area contributed by atoms with E-state index in [2.05, 4.69) is 213 Å². The monoisotopic (exact) mass is 930 g/mol. The van der Waals surface area contributed by atoms with E-state index >= 15 is 0 Å². The Labute approximate surface area is 418 Å². The van der Waals surface area contributed by atoms with Crippen LogP contribution in [-0.2, 0) is 5.41 Å². The molecule has 5 aromatic heterocycles.